The Morgan fingerprint density at radius 2 is 1.72 bits per heavy atom. The fraction of sp³-hybridized carbons (Fsp3) is 0.312. The molecular weight excluding hydrogens is 367 g/mol. The summed E-state index contributed by atoms with van der Waals surface area (Å²) in [5, 5.41) is 5.98. The summed E-state index contributed by atoms with van der Waals surface area (Å²) in [7, 11) is 0. The molecule has 0 spiro atoms. The van der Waals surface area contributed by atoms with E-state index in [2.05, 4.69) is 10.6 Å². The number of carbonyl (C=O) groups excluding carboxylic acids is 1. The molecule has 25 heavy (non-hydrogen) atoms. The van der Waals surface area contributed by atoms with Crippen LogP contribution in [0.3, 0.4) is 0 Å². The van der Waals surface area contributed by atoms with Gasteiger partial charge in [-0.3, -0.25) is 19.2 Å². The van der Waals surface area contributed by atoms with Gasteiger partial charge in [0.15, 0.2) is 0 Å². The van der Waals surface area contributed by atoms with E-state index in [1.54, 1.807) is 32.0 Å². The van der Waals surface area contributed by atoms with Gasteiger partial charge in [0.1, 0.15) is 5.82 Å². The number of rotatable bonds is 3. The van der Waals surface area contributed by atoms with Gasteiger partial charge in [0.2, 0.25) is 0 Å². The Morgan fingerprint density at radius 1 is 1.04 bits per heavy atom. The Labute approximate surface area is 153 Å². The molecule has 1 unspecified atom stereocenters. The van der Waals surface area contributed by atoms with Gasteiger partial charge in [0.05, 0.1) is 21.7 Å². The molecule has 2 heterocycles. The SMILES string of the molecule is CCn1c2c(c(=O)n(CC)c1=O)C(c1ccc(Cl)c(Cl)c1)NC(=O)N2. The van der Waals surface area contributed by atoms with Crippen molar-refractivity contribution in [2.75, 3.05) is 5.32 Å². The summed E-state index contributed by atoms with van der Waals surface area (Å²) in [5.41, 5.74) is -0.00699. The van der Waals surface area contributed by atoms with Gasteiger partial charge in [-0.15, -0.1) is 0 Å². The molecule has 1 aromatic carbocycles. The highest BCUT2D eigenvalue weighted by Gasteiger charge is 2.32. The monoisotopic (exact) mass is 382 g/mol. The van der Waals surface area contributed by atoms with Gasteiger partial charge in [0, 0.05) is 13.1 Å². The Kier molecular flexibility index (Phi) is 4.62. The van der Waals surface area contributed by atoms with Crippen molar-refractivity contribution in [2.24, 2.45) is 0 Å². The van der Waals surface area contributed by atoms with Gasteiger partial charge >= 0.3 is 11.7 Å². The van der Waals surface area contributed by atoms with Gasteiger partial charge in [-0.05, 0) is 31.5 Å². The first kappa shape index (κ1) is 17.6. The van der Waals surface area contributed by atoms with E-state index in [9.17, 15) is 14.4 Å². The number of hydrogen-bond donors (Lipinski definition) is 2. The van der Waals surface area contributed by atoms with Crippen molar-refractivity contribution in [1.29, 1.82) is 0 Å². The van der Waals surface area contributed by atoms with Crippen LogP contribution in [-0.4, -0.2) is 15.2 Å². The summed E-state index contributed by atoms with van der Waals surface area (Å²) in [6.45, 7) is 4.04. The summed E-state index contributed by atoms with van der Waals surface area (Å²) < 4.78 is 2.52. The van der Waals surface area contributed by atoms with E-state index in [1.807, 2.05) is 0 Å². The lowest BCUT2D eigenvalue weighted by atomic mass is 9.98. The zero-order valence-electron chi connectivity index (χ0n) is 13.6. The maximum absolute atomic E-state index is 12.9. The number of nitrogens with zero attached hydrogens (tertiary/aromatic N) is 2. The highest BCUT2D eigenvalue weighted by Crippen LogP contribution is 2.32. The van der Waals surface area contributed by atoms with Crippen LogP contribution >= 0.6 is 23.2 Å². The van der Waals surface area contributed by atoms with Gasteiger partial charge in [-0.25, -0.2) is 9.59 Å². The van der Waals surface area contributed by atoms with Crippen LogP contribution in [0.25, 0.3) is 0 Å². The molecule has 0 radical (unpaired) electrons. The molecular formula is C16H16Cl2N4O3. The summed E-state index contributed by atoms with van der Waals surface area (Å²) in [6.07, 6.45) is 0. The lowest BCUT2D eigenvalue weighted by molar-refractivity contribution is 0.248. The van der Waals surface area contributed by atoms with E-state index in [0.29, 0.717) is 27.7 Å². The van der Waals surface area contributed by atoms with E-state index in [4.69, 9.17) is 23.2 Å². The van der Waals surface area contributed by atoms with Gasteiger partial charge in [0.25, 0.3) is 5.56 Å². The summed E-state index contributed by atoms with van der Waals surface area (Å²) in [5.74, 6) is 0.210. The summed E-state index contributed by atoms with van der Waals surface area (Å²) in [4.78, 5) is 37.5. The smallest absolute Gasteiger partial charge is 0.327 e. The maximum atomic E-state index is 12.9. The Balaban J connectivity index is 2.33. The number of benzene rings is 1. The molecule has 2 N–H and O–H groups in total. The molecule has 2 aromatic rings. The van der Waals surface area contributed by atoms with Crippen LogP contribution in [-0.2, 0) is 13.1 Å². The Hall–Kier alpha value is -2.25. The van der Waals surface area contributed by atoms with Crippen molar-refractivity contribution in [3.05, 3.63) is 60.2 Å². The first-order chi connectivity index (χ1) is 11.9. The number of nitrogens with one attached hydrogen (secondary N) is 2. The Morgan fingerprint density at radius 3 is 2.32 bits per heavy atom. The predicted molar refractivity (Wildman–Crippen MR) is 96.8 cm³/mol. The van der Waals surface area contributed by atoms with E-state index in [0.717, 1.165) is 4.57 Å². The molecule has 7 nitrogen and oxygen atoms in total. The lowest BCUT2D eigenvalue weighted by Crippen LogP contribution is -2.50. The average Bonchev–Trinajstić information content (AvgIpc) is 2.57. The van der Waals surface area contributed by atoms with Crippen molar-refractivity contribution in [2.45, 2.75) is 33.0 Å². The Bertz CT molecular complexity index is 981. The zero-order chi connectivity index (χ0) is 18.3. The molecule has 1 atom stereocenters. The molecule has 0 saturated heterocycles. The molecule has 2 amide bonds. The third-order valence-electron chi connectivity index (χ3n) is 4.17. The van der Waals surface area contributed by atoms with Crippen molar-refractivity contribution >= 4 is 35.1 Å². The quantitative estimate of drug-likeness (QED) is 0.855. The second-order valence-corrected chi connectivity index (χ2v) is 6.36. The molecule has 1 aromatic heterocycles. The number of anilines is 1. The second-order valence-electron chi connectivity index (χ2n) is 5.54. The number of carbonyl (C=O) groups is 1. The zero-order valence-corrected chi connectivity index (χ0v) is 15.1. The minimum absolute atomic E-state index is 0.210. The normalized spacial score (nSPS) is 16.2. The number of urea groups is 1. The highest BCUT2D eigenvalue weighted by atomic mass is 35.5. The van der Waals surface area contributed by atoms with Gasteiger partial charge in [-0.2, -0.15) is 0 Å². The molecule has 1 aliphatic rings. The van der Waals surface area contributed by atoms with Crippen molar-refractivity contribution in [3.63, 3.8) is 0 Å². The van der Waals surface area contributed by atoms with Crippen LogP contribution in [0, 0.1) is 0 Å². The first-order valence-corrected chi connectivity index (χ1v) is 8.54. The van der Waals surface area contributed by atoms with E-state index in [-0.39, 0.29) is 12.4 Å². The lowest BCUT2D eigenvalue weighted by Gasteiger charge is -2.29. The molecule has 0 fully saturated rings. The molecule has 3 rings (SSSR count). The minimum Gasteiger partial charge on any atom is -0.327 e. The topological polar surface area (TPSA) is 85.1 Å². The third-order valence-corrected chi connectivity index (χ3v) is 4.91. The molecule has 132 valence electrons. The van der Waals surface area contributed by atoms with Crippen molar-refractivity contribution in [1.82, 2.24) is 14.5 Å². The first-order valence-electron chi connectivity index (χ1n) is 7.79. The van der Waals surface area contributed by atoms with Crippen LogP contribution < -0.4 is 21.9 Å². The van der Waals surface area contributed by atoms with Crippen LogP contribution in [0.4, 0.5) is 10.6 Å². The van der Waals surface area contributed by atoms with Crippen molar-refractivity contribution in [3.8, 4) is 0 Å². The second kappa shape index (κ2) is 6.57. The largest absolute Gasteiger partial charge is 0.332 e. The van der Waals surface area contributed by atoms with Crippen LogP contribution in [0.5, 0.6) is 0 Å². The van der Waals surface area contributed by atoms with Crippen LogP contribution in [0.2, 0.25) is 10.0 Å². The maximum Gasteiger partial charge on any atom is 0.332 e. The van der Waals surface area contributed by atoms with E-state index < -0.39 is 23.3 Å². The van der Waals surface area contributed by atoms with E-state index >= 15 is 0 Å². The summed E-state index contributed by atoms with van der Waals surface area (Å²) in [6, 6.07) is 3.65. The van der Waals surface area contributed by atoms with Crippen molar-refractivity contribution < 1.29 is 4.79 Å². The summed E-state index contributed by atoms with van der Waals surface area (Å²) >= 11 is 12.0. The van der Waals surface area contributed by atoms with Crippen LogP contribution in [0.15, 0.2) is 27.8 Å². The van der Waals surface area contributed by atoms with Gasteiger partial charge in [-0.1, -0.05) is 29.3 Å². The third kappa shape index (κ3) is 2.83. The number of amides is 2. The average molecular weight is 383 g/mol. The molecule has 0 saturated carbocycles. The molecule has 0 bridgehead atoms. The number of fused-ring (bicyclic) bond motifs is 1. The number of hydrogen-bond acceptors (Lipinski definition) is 3. The molecule has 9 heteroatoms. The number of aromatic nitrogens is 2. The fourth-order valence-corrected chi connectivity index (χ4v) is 3.28. The van der Waals surface area contributed by atoms with E-state index in [1.165, 1.54) is 4.57 Å². The molecule has 1 aliphatic heterocycles. The predicted octanol–water partition coefficient (Wildman–Crippen LogP) is 2.58. The van der Waals surface area contributed by atoms with Gasteiger partial charge < -0.3 is 5.32 Å². The minimum atomic E-state index is -0.734. The molecule has 0 aliphatic carbocycles. The number of halogens is 2. The standard InChI is InChI=1S/C16H16Cl2N4O3/c1-3-21-13-11(14(23)22(4-2)16(21)25)12(19-15(24)20-13)8-5-6-9(17)10(18)7-8/h5-7,12H,3-4H2,1-2H3,(H2,19,20,24). The highest BCUT2D eigenvalue weighted by molar-refractivity contribution is 6.42. The van der Waals surface area contributed by atoms with Crippen LogP contribution in [0.1, 0.15) is 31.0 Å². The fourth-order valence-electron chi connectivity index (χ4n) is 2.98.